The molecule has 4 nitrogen and oxygen atoms in total. The van der Waals surface area contributed by atoms with Crippen molar-refractivity contribution in [3.63, 3.8) is 0 Å². The van der Waals surface area contributed by atoms with Gasteiger partial charge in [-0.1, -0.05) is 19.9 Å². The van der Waals surface area contributed by atoms with Crippen LogP contribution in [0.15, 0.2) is 42.6 Å². The summed E-state index contributed by atoms with van der Waals surface area (Å²) in [5.74, 6) is 1.64. The normalized spacial score (nSPS) is 10.7. The minimum absolute atomic E-state index is 0.438. The van der Waals surface area contributed by atoms with Crippen molar-refractivity contribution in [3.05, 3.63) is 48.3 Å². The number of nitrogens with one attached hydrogen (secondary N) is 1. The van der Waals surface area contributed by atoms with Gasteiger partial charge < -0.3 is 15.0 Å². The van der Waals surface area contributed by atoms with Gasteiger partial charge in [0.2, 0.25) is 0 Å². The van der Waals surface area contributed by atoms with E-state index in [1.54, 1.807) is 6.20 Å². The molecular weight excluding hydrogens is 262 g/mol. The second-order valence-corrected chi connectivity index (χ2v) is 5.51. The fraction of sp³-hybridized carbons (Fsp3) is 0.353. The quantitative estimate of drug-likeness (QED) is 0.882. The van der Waals surface area contributed by atoms with Crippen LogP contribution in [-0.4, -0.2) is 25.1 Å². The van der Waals surface area contributed by atoms with Gasteiger partial charge in [-0.2, -0.15) is 0 Å². The van der Waals surface area contributed by atoms with Crippen LogP contribution >= 0.6 is 0 Å². The summed E-state index contributed by atoms with van der Waals surface area (Å²) in [5, 5.41) is 3.35. The zero-order valence-corrected chi connectivity index (χ0v) is 13.1. The Kier molecular flexibility index (Phi) is 5.17. The third-order valence-corrected chi connectivity index (χ3v) is 3.05. The van der Waals surface area contributed by atoms with Gasteiger partial charge in [-0.25, -0.2) is 0 Å². The lowest BCUT2D eigenvalue weighted by atomic mass is 10.3. The van der Waals surface area contributed by atoms with E-state index in [1.165, 1.54) is 0 Å². The first-order valence-corrected chi connectivity index (χ1v) is 7.18. The number of aromatic nitrogens is 1. The summed E-state index contributed by atoms with van der Waals surface area (Å²) in [4.78, 5) is 6.40. The second kappa shape index (κ2) is 7.09. The molecule has 0 aliphatic heterocycles. The molecule has 0 saturated carbocycles. The van der Waals surface area contributed by atoms with Gasteiger partial charge in [-0.15, -0.1) is 0 Å². The summed E-state index contributed by atoms with van der Waals surface area (Å²) in [5.41, 5.74) is 2.09. The highest BCUT2D eigenvalue weighted by atomic mass is 16.5. The molecule has 0 unspecified atom stereocenters. The summed E-state index contributed by atoms with van der Waals surface area (Å²) < 4.78 is 5.92. The summed E-state index contributed by atoms with van der Waals surface area (Å²) >= 11 is 0. The zero-order chi connectivity index (χ0) is 15.2. The Hall–Kier alpha value is -2.07. The molecule has 112 valence electrons. The maximum Gasteiger partial charge on any atom is 0.130 e. The van der Waals surface area contributed by atoms with Gasteiger partial charge in [0, 0.05) is 50.7 Å². The van der Waals surface area contributed by atoms with Crippen molar-refractivity contribution in [1.82, 2.24) is 10.3 Å². The standard InChI is InChI=1S/C17H23N3O/c1-13(2)19-12-14-10-17(8-9-18-14)21-16-7-5-6-15(11-16)20(3)4/h5-11,13,19H,12H2,1-4H3. The van der Waals surface area contributed by atoms with Crippen molar-refractivity contribution in [3.8, 4) is 11.5 Å². The van der Waals surface area contributed by atoms with E-state index in [1.807, 2.05) is 44.4 Å². The SMILES string of the molecule is CC(C)NCc1cc(Oc2cccc(N(C)C)c2)ccn1. The molecule has 4 heteroatoms. The third kappa shape index (κ3) is 4.76. The smallest absolute Gasteiger partial charge is 0.130 e. The van der Waals surface area contributed by atoms with Gasteiger partial charge in [-0.05, 0) is 18.2 Å². The Labute approximate surface area is 126 Å². The average Bonchev–Trinajstić information content (AvgIpc) is 2.46. The highest BCUT2D eigenvalue weighted by Gasteiger charge is 2.03. The molecule has 0 bridgehead atoms. The molecule has 0 spiro atoms. The van der Waals surface area contributed by atoms with E-state index in [4.69, 9.17) is 4.74 Å². The van der Waals surface area contributed by atoms with Gasteiger partial charge in [0.25, 0.3) is 0 Å². The number of benzene rings is 1. The summed E-state index contributed by atoms with van der Waals surface area (Å²) in [7, 11) is 4.03. The molecule has 0 radical (unpaired) electrons. The lowest BCUT2D eigenvalue weighted by Gasteiger charge is -2.14. The summed E-state index contributed by atoms with van der Waals surface area (Å²) in [6.07, 6.45) is 1.78. The van der Waals surface area contributed by atoms with Crippen LogP contribution in [-0.2, 0) is 6.54 Å². The predicted octanol–water partition coefficient (Wildman–Crippen LogP) is 3.44. The van der Waals surface area contributed by atoms with Crippen LogP contribution in [0.1, 0.15) is 19.5 Å². The van der Waals surface area contributed by atoms with E-state index in [0.29, 0.717) is 6.04 Å². The fourth-order valence-corrected chi connectivity index (χ4v) is 1.89. The van der Waals surface area contributed by atoms with Crippen LogP contribution in [0, 0.1) is 0 Å². The maximum atomic E-state index is 5.92. The number of nitrogens with zero attached hydrogens (tertiary/aromatic N) is 2. The first kappa shape index (κ1) is 15.3. The lowest BCUT2D eigenvalue weighted by molar-refractivity contribution is 0.479. The molecular formula is C17H23N3O. The van der Waals surface area contributed by atoms with Crippen LogP contribution in [0.3, 0.4) is 0 Å². The van der Waals surface area contributed by atoms with E-state index in [-0.39, 0.29) is 0 Å². The number of ether oxygens (including phenoxy) is 1. The summed E-state index contributed by atoms with van der Waals surface area (Å²) in [6, 6.07) is 12.3. The zero-order valence-electron chi connectivity index (χ0n) is 13.1. The van der Waals surface area contributed by atoms with E-state index >= 15 is 0 Å². The van der Waals surface area contributed by atoms with Gasteiger partial charge in [0.15, 0.2) is 0 Å². The molecule has 1 N–H and O–H groups in total. The van der Waals surface area contributed by atoms with Gasteiger partial charge in [0.05, 0.1) is 5.69 Å². The maximum absolute atomic E-state index is 5.92. The Morgan fingerprint density at radius 3 is 2.62 bits per heavy atom. The second-order valence-electron chi connectivity index (χ2n) is 5.51. The summed E-state index contributed by atoms with van der Waals surface area (Å²) in [6.45, 7) is 4.98. The van der Waals surface area contributed by atoms with Gasteiger partial charge >= 0.3 is 0 Å². The molecule has 1 aromatic heterocycles. The van der Waals surface area contributed by atoms with Crippen LogP contribution in [0.2, 0.25) is 0 Å². The van der Waals surface area contributed by atoms with Crippen molar-refractivity contribution < 1.29 is 4.74 Å². The Bertz CT molecular complexity index is 582. The number of hydrogen-bond acceptors (Lipinski definition) is 4. The van der Waals surface area contributed by atoms with E-state index < -0.39 is 0 Å². The lowest BCUT2D eigenvalue weighted by Crippen LogP contribution is -2.22. The van der Waals surface area contributed by atoms with Crippen LogP contribution in [0.5, 0.6) is 11.5 Å². The highest BCUT2D eigenvalue weighted by molar-refractivity contribution is 5.50. The predicted molar refractivity (Wildman–Crippen MR) is 87.1 cm³/mol. The number of rotatable bonds is 6. The minimum atomic E-state index is 0.438. The van der Waals surface area contributed by atoms with E-state index in [0.717, 1.165) is 29.4 Å². The molecule has 0 fully saturated rings. The number of pyridine rings is 1. The Morgan fingerprint density at radius 2 is 1.90 bits per heavy atom. The molecule has 0 aliphatic rings. The number of anilines is 1. The molecule has 2 aromatic rings. The minimum Gasteiger partial charge on any atom is -0.457 e. The molecule has 2 rings (SSSR count). The van der Waals surface area contributed by atoms with Crippen molar-refractivity contribution in [2.75, 3.05) is 19.0 Å². The van der Waals surface area contributed by atoms with Crippen molar-refractivity contribution >= 4 is 5.69 Å². The van der Waals surface area contributed by atoms with Crippen LogP contribution in [0.4, 0.5) is 5.69 Å². The van der Waals surface area contributed by atoms with Crippen molar-refractivity contribution in [2.24, 2.45) is 0 Å². The monoisotopic (exact) mass is 285 g/mol. The third-order valence-electron chi connectivity index (χ3n) is 3.05. The first-order valence-electron chi connectivity index (χ1n) is 7.18. The molecule has 0 saturated heterocycles. The highest BCUT2D eigenvalue weighted by Crippen LogP contribution is 2.25. The first-order chi connectivity index (χ1) is 10.0. The molecule has 0 amide bonds. The van der Waals surface area contributed by atoms with Crippen LogP contribution < -0.4 is 15.0 Å². The van der Waals surface area contributed by atoms with Gasteiger partial charge in [0.1, 0.15) is 11.5 Å². The molecule has 1 heterocycles. The Morgan fingerprint density at radius 1 is 1.14 bits per heavy atom. The number of hydrogen-bond donors (Lipinski definition) is 1. The molecule has 21 heavy (non-hydrogen) atoms. The molecule has 0 atom stereocenters. The van der Waals surface area contributed by atoms with E-state index in [9.17, 15) is 0 Å². The molecule has 0 aliphatic carbocycles. The van der Waals surface area contributed by atoms with Gasteiger partial charge in [-0.3, -0.25) is 4.98 Å². The van der Waals surface area contributed by atoms with Crippen LogP contribution in [0.25, 0.3) is 0 Å². The molecule has 1 aromatic carbocycles. The van der Waals surface area contributed by atoms with Crippen molar-refractivity contribution in [1.29, 1.82) is 0 Å². The Balaban J connectivity index is 2.09. The largest absolute Gasteiger partial charge is 0.457 e. The topological polar surface area (TPSA) is 37.4 Å². The fourth-order valence-electron chi connectivity index (χ4n) is 1.89. The average molecular weight is 285 g/mol. The van der Waals surface area contributed by atoms with Crippen molar-refractivity contribution in [2.45, 2.75) is 26.4 Å². The van der Waals surface area contributed by atoms with E-state index in [2.05, 4.69) is 35.1 Å².